The Bertz CT molecular complexity index is 109. The van der Waals surface area contributed by atoms with Gasteiger partial charge in [0.1, 0.15) is 0 Å². The van der Waals surface area contributed by atoms with Gasteiger partial charge in [0, 0.05) is 6.61 Å². The first-order valence-electron chi connectivity index (χ1n) is 5.82. The second-order valence-electron chi connectivity index (χ2n) is 4.15. The van der Waals surface area contributed by atoms with E-state index in [1.807, 2.05) is 0 Å². The van der Waals surface area contributed by atoms with E-state index in [0.717, 1.165) is 6.61 Å². The number of unbranched alkanes of at least 4 members (excludes halogenated alkanes) is 1. The molecule has 0 rings (SSSR count). The highest BCUT2D eigenvalue weighted by atomic mass is 28.4. The van der Waals surface area contributed by atoms with Crippen LogP contribution in [0.3, 0.4) is 0 Å². The van der Waals surface area contributed by atoms with Crippen molar-refractivity contribution < 1.29 is 4.43 Å². The Morgan fingerprint density at radius 2 is 1.46 bits per heavy atom. The SMILES string of the molecule is CCCCO[Si](C)(CCC)CCC. The minimum atomic E-state index is -1.29. The van der Waals surface area contributed by atoms with Crippen LogP contribution in [0.15, 0.2) is 0 Å². The molecule has 0 N–H and O–H groups in total. The molecule has 0 unspecified atom stereocenters. The molecule has 13 heavy (non-hydrogen) atoms. The third-order valence-corrected chi connectivity index (χ3v) is 6.52. The van der Waals surface area contributed by atoms with Crippen molar-refractivity contribution in [1.82, 2.24) is 0 Å². The van der Waals surface area contributed by atoms with Gasteiger partial charge in [-0.05, 0) is 25.1 Å². The van der Waals surface area contributed by atoms with Gasteiger partial charge in [0.2, 0.25) is 0 Å². The van der Waals surface area contributed by atoms with Crippen LogP contribution in [0, 0.1) is 0 Å². The van der Waals surface area contributed by atoms with Crippen LogP contribution in [-0.2, 0) is 4.43 Å². The molecular weight excluding hydrogens is 176 g/mol. The van der Waals surface area contributed by atoms with E-state index in [1.165, 1.54) is 37.8 Å². The molecule has 0 heterocycles. The second kappa shape index (κ2) is 7.57. The molecular formula is C11H26OSi. The molecule has 0 saturated carbocycles. The van der Waals surface area contributed by atoms with E-state index in [4.69, 9.17) is 4.43 Å². The lowest BCUT2D eigenvalue weighted by Gasteiger charge is -2.26. The maximum absolute atomic E-state index is 6.09. The summed E-state index contributed by atoms with van der Waals surface area (Å²) in [6, 6.07) is 2.68. The van der Waals surface area contributed by atoms with Crippen molar-refractivity contribution >= 4 is 8.32 Å². The van der Waals surface area contributed by atoms with E-state index < -0.39 is 8.32 Å². The Hall–Kier alpha value is 0.177. The van der Waals surface area contributed by atoms with Gasteiger partial charge in [0.15, 0.2) is 8.32 Å². The van der Waals surface area contributed by atoms with Crippen LogP contribution in [-0.4, -0.2) is 14.9 Å². The predicted molar refractivity (Wildman–Crippen MR) is 62.7 cm³/mol. The van der Waals surface area contributed by atoms with Gasteiger partial charge < -0.3 is 4.43 Å². The molecule has 0 aliphatic rings. The van der Waals surface area contributed by atoms with Crippen molar-refractivity contribution in [3.8, 4) is 0 Å². The van der Waals surface area contributed by atoms with Gasteiger partial charge in [0.25, 0.3) is 0 Å². The first-order valence-corrected chi connectivity index (χ1v) is 8.64. The topological polar surface area (TPSA) is 9.23 Å². The summed E-state index contributed by atoms with van der Waals surface area (Å²) in [7, 11) is -1.29. The predicted octanol–water partition coefficient (Wildman–Crippen LogP) is 4.20. The van der Waals surface area contributed by atoms with E-state index in [0.29, 0.717) is 0 Å². The fraction of sp³-hybridized carbons (Fsp3) is 1.00. The summed E-state index contributed by atoms with van der Waals surface area (Å²) in [5, 5.41) is 0. The first-order chi connectivity index (χ1) is 6.18. The summed E-state index contributed by atoms with van der Waals surface area (Å²) >= 11 is 0. The van der Waals surface area contributed by atoms with E-state index in [9.17, 15) is 0 Å². The van der Waals surface area contributed by atoms with Gasteiger partial charge in [0.05, 0.1) is 0 Å². The summed E-state index contributed by atoms with van der Waals surface area (Å²) in [6.07, 6.45) is 5.06. The molecule has 0 radical (unpaired) electrons. The zero-order valence-electron chi connectivity index (χ0n) is 9.86. The number of hydrogen-bond acceptors (Lipinski definition) is 1. The molecule has 0 aromatic heterocycles. The molecule has 0 atom stereocenters. The lowest BCUT2D eigenvalue weighted by Crippen LogP contribution is -2.34. The van der Waals surface area contributed by atoms with Crippen LogP contribution in [0.5, 0.6) is 0 Å². The van der Waals surface area contributed by atoms with E-state index in [2.05, 4.69) is 27.3 Å². The van der Waals surface area contributed by atoms with Gasteiger partial charge in [-0.2, -0.15) is 0 Å². The van der Waals surface area contributed by atoms with Gasteiger partial charge in [-0.15, -0.1) is 0 Å². The number of hydrogen-bond donors (Lipinski definition) is 0. The quantitative estimate of drug-likeness (QED) is 0.423. The van der Waals surface area contributed by atoms with Crippen LogP contribution in [0.25, 0.3) is 0 Å². The molecule has 0 amide bonds. The monoisotopic (exact) mass is 202 g/mol. The minimum absolute atomic E-state index is 0.999. The Kier molecular flexibility index (Phi) is 7.67. The van der Waals surface area contributed by atoms with Crippen LogP contribution >= 0.6 is 0 Å². The van der Waals surface area contributed by atoms with Crippen LogP contribution in [0.1, 0.15) is 46.5 Å². The van der Waals surface area contributed by atoms with Crippen LogP contribution < -0.4 is 0 Å². The zero-order chi connectivity index (χ0) is 10.2. The zero-order valence-corrected chi connectivity index (χ0v) is 10.9. The normalized spacial score (nSPS) is 12.0. The van der Waals surface area contributed by atoms with Crippen molar-refractivity contribution in [2.45, 2.75) is 65.1 Å². The Morgan fingerprint density at radius 1 is 0.923 bits per heavy atom. The fourth-order valence-electron chi connectivity index (χ4n) is 1.79. The van der Waals surface area contributed by atoms with Crippen LogP contribution in [0.2, 0.25) is 18.6 Å². The lowest BCUT2D eigenvalue weighted by molar-refractivity contribution is 0.293. The highest BCUT2D eigenvalue weighted by Gasteiger charge is 2.26. The average molecular weight is 202 g/mol. The molecule has 0 saturated heterocycles. The molecule has 2 heteroatoms. The average Bonchev–Trinajstić information content (AvgIpc) is 2.05. The summed E-state index contributed by atoms with van der Waals surface area (Å²) in [5.41, 5.74) is 0. The smallest absolute Gasteiger partial charge is 0.189 e. The number of rotatable bonds is 8. The Balaban J connectivity index is 3.76. The second-order valence-corrected chi connectivity index (χ2v) is 8.34. The summed E-state index contributed by atoms with van der Waals surface area (Å²) < 4.78 is 6.09. The van der Waals surface area contributed by atoms with Crippen molar-refractivity contribution in [3.63, 3.8) is 0 Å². The standard InChI is InChI=1S/C11H26OSi/c1-5-8-9-12-13(4,10-6-2)11-7-3/h5-11H2,1-4H3. The van der Waals surface area contributed by atoms with Crippen molar-refractivity contribution in [2.24, 2.45) is 0 Å². The summed E-state index contributed by atoms with van der Waals surface area (Å²) in [5.74, 6) is 0. The molecule has 1 nitrogen and oxygen atoms in total. The highest BCUT2D eigenvalue weighted by molar-refractivity contribution is 6.72. The molecule has 80 valence electrons. The molecule has 0 fully saturated rings. The summed E-state index contributed by atoms with van der Waals surface area (Å²) in [4.78, 5) is 0. The fourth-order valence-corrected chi connectivity index (χ4v) is 5.08. The third-order valence-electron chi connectivity index (χ3n) is 2.51. The minimum Gasteiger partial charge on any atom is -0.417 e. The highest BCUT2D eigenvalue weighted by Crippen LogP contribution is 2.21. The van der Waals surface area contributed by atoms with E-state index >= 15 is 0 Å². The molecule has 0 spiro atoms. The largest absolute Gasteiger partial charge is 0.417 e. The van der Waals surface area contributed by atoms with Gasteiger partial charge in [-0.1, -0.05) is 40.0 Å². The van der Waals surface area contributed by atoms with Crippen molar-refractivity contribution in [2.75, 3.05) is 6.61 Å². The summed E-state index contributed by atoms with van der Waals surface area (Å²) in [6.45, 7) is 10.2. The van der Waals surface area contributed by atoms with E-state index in [-0.39, 0.29) is 0 Å². The Morgan fingerprint density at radius 3 is 1.85 bits per heavy atom. The van der Waals surface area contributed by atoms with E-state index in [1.54, 1.807) is 0 Å². The van der Waals surface area contributed by atoms with Gasteiger partial charge >= 0.3 is 0 Å². The molecule has 0 bridgehead atoms. The lowest BCUT2D eigenvalue weighted by atomic mass is 10.4. The molecule has 0 aromatic rings. The maximum Gasteiger partial charge on any atom is 0.189 e. The van der Waals surface area contributed by atoms with Gasteiger partial charge in [-0.3, -0.25) is 0 Å². The molecule has 0 aromatic carbocycles. The molecule has 0 aliphatic heterocycles. The maximum atomic E-state index is 6.09. The van der Waals surface area contributed by atoms with Crippen molar-refractivity contribution in [3.05, 3.63) is 0 Å². The molecule has 0 aliphatic carbocycles. The Labute approximate surface area is 85.0 Å². The third kappa shape index (κ3) is 6.27. The van der Waals surface area contributed by atoms with Gasteiger partial charge in [-0.25, -0.2) is 0 Å². The van der Waals surface area contributed by atoms with Crippen LogP contribution in [0.4, 0.5) is 0 Å². The van der Waals surface area contributed by atoms with Crippen molar-refractivity contribution in [1.29, 1.82) is 0 Å². The first kappa shape index (κ1) is 13.2.